The van der Waals surface area contributed by atoms with Gasteiger partial charge in [-0.2, -0.15) is 0 Å². The van der Waals surface area contributed by atoms with Crippen molar-refractivity contribution in [1.82, 2.24) is 0 Å². The second-order valence-electron chi connectivity index (χ2n) is 13.9. The van der Waals surface area contributed by atoms with Gasteiger partial charge in [-0.05, 0) is 51.4 Å². The fraction of sp³-hybridized carbons (Fsp3) is 0.795. The van der Waals surface area contributed by atoms with Gasteiger partial charge in [0.25, 0.3) is 0 Å². The van der Waals surface area contributed by atoms with E-state index in [2.05, 4.69) is 57.2 Å². The molecule has 0 aromatic rings. The molecular weight excluding hydrogens is 624 g/mol. The first-order valence-electron chi connectivity index (χ1n) is 21.0. The fourth-order valence-corrected chi connectivity index (χ4v) is 5.75. The predicted molar refractivity (Wildman–Crippen MR) is 210 cm³/mol. The van der Waals surface area contributed by atoms with Crippen molar-refractivity contribution >= 4 is 17.9 Å². The van der Waals surface area contributed by atoms with Gasteiger partial charge in [-0.1, -0.05) is 173 Å². The van der Waals surface area contributed by atoms with Crippen LogP contribution in [0, 0.1) is 0 Å². The molecule has 0 saturated heterocycles. The van der Waals surface area contributed by atoms with E-state index in [0.29, 0.717) is 19.3 Å². The number of unbranched alkanes of at least 4 members (excludes halogenated alkanes) is 20. The van der Waals surface area contributed by atoms with Gasteiger partial charge in [0.15, 0.2) is 6.10 Å². The molecule has 290 valence electrons. The largest absolute Gasteiger partial charge is 0.462 e. The highest BCUT2D eigenvalue weighted by molar-refractivity contribution is 5.71. The van der Waals surface area contributed by atoms with Crippen molar-refractivity contribution < 1.29 is 28.6 Å². The van der Waals surface area contributed by atoms with Gasteiger partial charge >= 0.3 is 17.9 Å². The van der Waals surface area contributed by atoms with Crippen LogP contribution in [0.3, 0.4) is 0 Å². The Labute approximate surface area is 308 Å². The van der Waals surface area contributed by atoms with E-state index in [1.807, 2.05) is 0 Å². The Hall–Kier alpha value is -2.37. The third-order valence-corrected chi connectivity index (χ3v) is 8.91. The lowest BCUT2D eigenvalue weighted by Crippen LogP contribution is -2.30. The third kappa shape index (κ3) is 36.9. The summed E-state index contributed by atoms with van der Waals surface area (Å²) in [4.78, 5) is 37.5. The van der Waals surface area contributed by atoms with E-state index in [1.54, 1.807) is 0 Å². The van der Waals surface area contributed by atoms with Gasteiger partial charge in [-0.25, -0.2) is 0 Å². The highest BCUT2D eigenvalue weighted by Gasteiger charge is 2.19. The highest BCUT2D eigenvalue weighted by atomic mass is 16.6. The molecule has 50 heavy (non-hydrogen) atoms. The minimum atomic E-state index is -0.778. The number of esters is 3. The van der Waals surface area contributed by atoms with Crippen molar-refractivity contribution in [2.45, 2.75) is 213 Å². The lowest BCUT2D eigenvalue weighted by Gasteiger charge is -2.18. The van der Waals surface area contributed by atoms with Gasteiger partial charge < -0.3 is 14.2 Å². The Kier molecular flexibility index (Phi) is 37.5. The Balaban J connectivity index is 4.42. The zero-order chi connectivity index (χ0) is 36.6. The predicted octanol–water partition coefficient (Wildman–Crippen LogP) is 13.0. The van der Waals surface area contributed by atoms with Crippen LogP contribution in [0.2, 0.25) is 0 Å². The fourth-order valence-electron chi connectivity index (χ4n) is 5.75. The van der Waals surface area contributed by atoms with Crippen LogP contribution in [0.25, 0.3) is 0 Å². The second kappa shape index (κ2) is 39.4. The number of hydrogen-bond donors (Lipinski definition) is 0. The molecule has 0 amide bonds. The summed E-state index contributed by atoms with van der Waals surface area (Å²) in [5.41, 5.74) is 0. The number of hydrogen-bond acceptors (Lipinski definition) is 6. The van der Waals surface area contributed by atoms with Gasteiger partial charge in [0.1, 0.15) is 13.2 Å². The monoisotopic (exact) mass is 703 g/mol. The lowest BCUT2D eigenvalue weighted by molar-refractivity contribution is -0.167. The minimum absolute atomic E-state index is 0.0817. The van der Waals surface area contributed by atoms with Gasteiger partial charge in [0, 0.05) is 19.3 Å². The minimum Gasteiger partial charge on any atom is -0.462 e. The molecule has 0 aromatic heterocycles. The first kappa shape index (κ1) is 47.6. The molecule has 0 heterocycles. The van der Waals surface area contributed by atoms with Crippen molar-refractivity contribution in [3.63, 3.8) is 0 Å². The summed E-state index contributed by atoms with van der Waals surface area (Å²) in [6.07, 6.45) is 42.7. The summed E-state index contributed by atoms with van der Waals surface area (Å²) < 4.78 is 16.6. The van der Waals surface area contributed by atoms with Crippen LogP contribution in [0.5, 0.6) is 0 Å². The molecule has 0 saturated carbocycles. The molecule has 0 N–H and O–H groups in total. The summed E-state index contributed by atoms with van der Waals surface area (Å²) in [7, 11) is 0. The molecule has 0 aliphatic carbocycles. The molecule has 0 aliphatic heterocycles. The number of rotatable bonds is 37. The van der Waals surface area contributed by atoms with Crippen molar-refractivity contribution in [3.05, 3.63) is 36.5 Å². The van der Waals surface area contributed by atoms with Crippen molar-refractivity contribution in [3.8, 4) is 0 Å². The topological polar surface area (TPSA) is 78.9 Å². The maximum atomic E-state index is 12.6. The average molecular weight is 703 g/mol. The van der Waals surface area contributed by atoms with Crippen LogP contribution in [-0.2, 0) is 28.6 Å². The van der Waals surface area contributed by atoms with Crippen molar-refractivity contribution in [2.75, 3.05) is 13.2 Å². The number of carbonyl (C=O) groups excluding carboxylic acids is 3. The molecule has 0 rings (SSSR count). The molecule has 1 unspecified atom stereocenters. The third-order valence-electron chi connectivity index (χ3n) is 8.91. The van der Waals surface area contributed by atoms with Gasteiger partial charge in [0.2, 0.25) is 0 Å². The van der Waals surface area contributed by atoms with Gasteiger partial charge in [-0.15, -0.1) is 0 Å². The standard InChI is InChI=1S/C44H78O6/c1-4-7-10-13-16-19-21-23-25-28-31-34-37-43(46)49-40-41(39-48-42(45)36-33-30-27-24-18-15-12-9-6-3)50-44(47)38-35-32-29-26-22-20-17-14-11-8-5-2/h7,10,16,19,23,25,41H,4-6,8-9,11-15,17-18,20-22,24,26-40H2,1-3H3/b10-7-,19-16-,25-23-. The Bertz CT molecular complexity index is 861. The molecule has 0 radical (unpaired) electrons. The molecule has 0 fully saturated rings. The Morgan fingerprint density at radius 2 is 0.780 bits per heavy atom. The van der Waals surface area contributed by atoms with Crippen LogP contribution >= 0.6 is 0 Å². The van der Waals surface area contributed by atoms with Crippen LogP contribution in [-0.4, -0.2) is 37.2 Å². The normalized spacial score (nSPS) is 12.3. The molecule has 0 spiro atoms. The Morgan fingerprint density at radius 3 is 1.22 bits per heavy atom. The Morgan fingerprint density at radius 1 is 0.420 bits per heavy atom. The van der Waals surface area contributed by atoms with E-state index < -0.39 is 6.10 Å². The SMILES string of the molecule is CC/C=C\C/C=C\C/C=C\CCCCC(=O)OCC(COC(=O)CCCCCCCCCCC)OC(=O)CCCCCCCCCCCCC. The summed E-state index contributed by atoms with van der Waals surface area (Å²) in [5, 5.41) is 0. The van der Waals surface area contributed by atoms with Crippen LogP contribution in [0.4, 0.5) is 0 Å². The van der Waals surface area contributed by atoms with Crippen molar-refractivity contribution in [1.29, 1.82) is 0 Å². The molecule has 1 atom stereocenters. The van der Waals surface area contributed by atoms with E-state index in [-0.39, 0.29) is 31.1 Å². The molecule has 6 nitrogen and oxygen atoms in total. The number of allylic oxidation sites excluding steroid dienone is 6. The summed E-state index contributed by atoms with van der Waals surface area (Å²) in [6, 6.07) is 0. The van der Waals surface area contributed by atoms with Gasteiger partial charge in [0.05, 0.1) is 0 Å². The van der Waals surface area contributed by atoms with Crippen LogP contribution < -0.4 is 0 Å². The molecule has 0 aromatic carbocycles. The zero-order valence-electron chi connectivity index (χ0n) is 32.9. The number of carbonyl (C=O) groups is 3. The highest BCUT2D eigenvalue weighted by Crippen LogP contribution is 2.14. The summed E-state index contributed by atoms with van der Waals surface area (Å²) in [5.74, 6) is -0.928. The second-order valence-corrected chi connectivity index (χ2v) is 13.9. The molecule has 0 aliphatic rings. The van der Waals surface area contributed by atoms with E-state index in [0.717, 1.165) is 77.0 Å². The maximum absolute atomic E-state index is 12.6. The van der Waals surface area contributed by atoms with E-state index in [1.165, 1.54) is 89.9 Å². The first-order valence-corrected chi connectivity index (χ1v) is 21.0. The van der Waals surface area contributed by atoms with Crippen LogP contribution in [0.15, 0.2) is 36.5 Å². The van der Waals surface area contributed by atoms with Crippen molar-refractivity contribution in [2.24, 2.45) is 0 Å². The zero-order valence-corrected chi connectivity index (χ0v) is 32.9. The quantitative estimate of drug-likeness (QED) is 0.0277. The number of ether oxygens (including phenoxy) is 3. The van der Waals surface area contributed by atoms with E-state index in [9.17, 15) is 14.4 Å². The maximum Gasteiger partial charge on any atom is 0.306 e. The summed E-state index contributed by atoms with van der Waals surface area (Å²) >= 11 is 0. The smallest absolute Gasteiger partial charge is 0.306 e. The summed E-state index contributed by atoms with van der Waals surface area (Å²) in [6.45, 7) is 6.44. The van der Waals surface area contributed by atoms with Crippen LogP contribution in [0.1, 0.15) is 207 Å². The molecule has 0 bridgehead atoms. The molecule has 6 heteroatoms. The first-order chi connectivity index (χ1) is 24.5. The average Bonchev–Trinajstić information content (AvgIpc) is 3.11. The molecular formula is C44H78O6. The van der Waals surface area contributed by atoms with Gasteiger partial charge in [-0.3, -0.25) is 14.4 Å². The van der Waals surface area contributed by atoms with E-state index in [4.69, 9.17) is 14.2 Å². The lowest BCUT2D eigenvalue weighted by atomic mass is 10.1. The van der Waals surface area contributed by atoms with E-state index >= 15 is 0 Å².